The van der Waals surface area contributed by atoms with Gasteiger partial charge >= 0.3 is 0 Å². The van der Waals surface area contributed by atoms with E-state index in [1.165, 1.54) is 0 Å². The summed E-state index contributed by atoms with van der Waals surface area (Å²) in [7, 11) is 0. The normalized spacial score (nSPS) is 18.3. The SMILES string of the molecule is Oc1cccnc1CN1CCOCC1. The first kappa shape index (κ1) is 9.43. The number of pyridine rings is 1. The van der Waals surface area contributed by atoms with Gasteiger partial charge in [0, 0.05) is 25.8 Å². The number of aromatic nitrogens is 1. The van der Waals surface area contributed by atoms with Gasteiger partial charge in [-0.1, -0.05) is 0 Å². The summed E-state index contributed by atoms with van der Waals surface area (Å²) in [6.45, 7) is 4.07. The molecule has 76 valence electrons. The molecule has 4 heteroatoms. The second-order valence-electron chi connectivity index (χ2n) is 3.36. The van der Waals surface area contributed by atoms with Crippen molar-refractivity contribution in [3.63, 3.8) is 0 Å². The third-order valence-corrected chi connectivity index (χ3v) is 2.34. The summed E-state index contributed by atoms with van der Waals surface area (Å²) >= 11 is 0. The lowest BCUT2D eigenvalue weighted by molar-refractivity contribution is 0.0333. The third-order valence-electron chi connectivity index (χ3n) is 2.34. The minimum atomic E-state index is 0.277. The Hall–Kier alpha value is -1.13. The van der Waals surface area contributed by atoms with Crippen molar-refractivity contribution in [2.75, 3.05) is 26.3 Å². The molecule has 0 bridgehead atoms. The lowest BCUT2D eigenvalue weighted by Crippen LogP contribution is -2.35. The Balaban J connectivity index is 1.99. The summed E-state index contributed by atoms with van der Waals surface area (Å²) in [5.74, 6) is 0.277. The molecule has 1 aromatic rings. The molecule has 0 unspecified atom stereocenters. The van der Waals surface area contributed by atoms with Crippen molar-refractivity contribution < 1.29 is 9.84 Å². The first-order valence-corrected chi connectivity index (χ1v) is 4.79. The van der Waals surface area contributed by atoms with Crippen LogP contribution in [0.3, 0.4) is 0 Å². The van der Waals surface area contributed by atoms with Gasteiger partial charge in [-0.15, -0.1) is 0 Å². The molecule has 14 heavy (non-hydrogen) atoms. The predicted molar refractivity (Wildman–Crippen MR) is 52.0 cm³/mol. The molecule has 2 heterocycles. The molecule has 1 aliphatic heterocycles. The highest BCUT2D eigenvalue weighted by molar-refractivity contribution is 5.24. The maximum absolute atomic E-state index is 9.52. The van der Waals surface area contributed by atoms with E-state index in [0.29, 0.717) is 6.54 Å². The zero-order chi connectivity index (χ0) is 9.80. The highest BCUT2D eigenvalue weighted by Gasteiger charge is 2.12. The largest absolute Gasteiger partial charge is 0.506 e. The van der Waals surface area contributed by atoms with Crippen LogP contribution in [0.15, 0.2) is 18.3 Å². The minimum absolute atomic E-state index is 0.277. The molecule has 0 radical (unpaired) electrons. The van der Waals surface area contributed by atoms with Crippen LogP contribution in [0.5, 0.6) is 5.75 Å². The van der Waals surface area contributed by atoms with Gasteiger partial charge in [0.2, 0.25) is 0 Å². The zero-order valence-corrected chi connectivity index (χ0v) is 8.02. The summed E-state index contributed by atoms with van der Waals surface area (Å²) in [5, 5.41) is 9.52. The molecule has 0 saturated carbocycles. The van der Waals surface area contributed by atoms with Gasteiger partial charge in [0.1, 0.15) is 5.75 Å². The average Bonchev–Trinajstić information content (AvgIpc) is 2.23. The molecule has 1 saturated heterocycles. The highest BCUT2D eigenvalue weighted by atomic mass is 16.5. The Morgan fingerprint density at radius 3 is 2.93 bits per heavy atom. The van der Waals surface area contributed by atoms with Crippen molar-refractivity contribution >= 4 is 0 Å². The smallest absolute Gasteiger partial charge is 0.138 e. The van der Waals surface area contributed by atoms with Gasteiger partial charge in [-0.05, 0) is 12.1 Å². The first-order valence-electron chi connectivity index (χ1n) is 4.79. The third kappa shape index (κ3) is 2.21. The second kappa shape index (κ2) is 4.39. The Morgan fingerprint density at radius 2 is 2.21 bits per heavy atom. The van der Waals surface area contributed by atoms with E-state index < -0.39 is 0 Å². The van der Waals surface area contributed by atoms with Crippen LogP contribution >= 0.6 is 0 Å². The van der Waals surface area contributed by atoms with Crippen LogP contribution in [0.4, 0.5) is 0 Å². The van der Waals surface area contributed by atoms with Gasteiger partial charge < -0.3 is 9.84 Å². The fourth-order valence-corrected chi connectivity index (χ4v) is 1.52. The van der Waals surface area contributed by atoms with Gasteiger partial charge in [-0.25, -0.2) is 0 Å². The number of hydrogen-bond acceptors (Lipinski definition) is 4. The van der Waals surface area contributed by atoms with E-state index in [9.17, 15) is 5.11 Å². The van der Waals surface area contributed by atoms with E-state index in [-0.39, 0.29) is 5.75 Å². The molecule has 0 spiro atoms. The molecule has 0 aliphatic carbocycles. The van der Waals surface area contributed by atoms with Gasteiger partial charge in [0.15, 0.2) is 0 Å². The standard InChI is InChI=1S/C10H14N2O2/c13-10-2-1-3-11-9(10)8-12-4-6-14-7-5-12/h1-3,13H,4-8H2. The molecule has 0 aromatic carbocycles. The molecule has 1 fully saturated rings. The summed E-state index contributed by atoms with van der Waals surface area (Å²) in [6, 6.07) is 3.40. The summed E-state index contributed by atoms with van der Waals surface area (Å²) in [6.07, 6.45) is 1.70. The van der Waals surface area contributed by atoms with Crippen molar-refractivity contribution in [2.45, 2.75) is 6.54 Å². The van der Waals surface area contributed by atoms with Crippen LogP contribution in [0.1, 0.15) is 5.69 Å². The van der Waals surface area contributed by atoms with E-state index in [2.05, 4.69) is 9.88 Å². The predicted octanol–water partition coefficient (Wildman–Crippen LogP) is 0.619. The van der Waals surface area contributed by atoms with Gasteiger partial charge in [-0.2, -0.15) is 0 Å². The van der Waals surface area contributed by atoms with E-state index in [4.69, 9.17) is 4.74 Å². The molecule has 0 atom stereocenters. The fraction of sp³-hybridized carbons (Fsp3) is 0.500. The summed E-state index contributed by atoms with van der Waals surface area (Å²) in [4.78, 5) is 6.37. The monoisotopic (exact) mass is 194 g/mol. The van der Waals surface area contributed by atoms with Crippen LogP contribution < -0.4 is 0 Å². The fourth-order valence-electron chi connectivity index (χ4n) is 1.52. The quantitative estimate of drug-likeness (QED) is 0.749. The van der Waals surface area contributed by atoms with E-state index in [1.54, 1.807) is 18.3 Å². The number of hydrogen-bond donors (Lipinski definition) is 1. The van der Waals surface area contributed by atoms with Gasteiger partial charge in [0.25, 0.3) is 0 Å². The number of rotatable bonds is 2. The van der Waals surface area contributed by atoms with Gasteiger partial charge in [0.05, 0.1) is 18.9 Å². The average molecular weight is 194 g/mol. The Morgan fingerprint density at radius 1 is 1.43 bits per heavy atom. The highest BCUT2D eigenvalue weighted by Crippen LogP contribution is 2.15. The van der Waals surface area contributed by atoms with Crippen LogP contribution in [-0.2, 0) is 11.3 Å². The van der Waals surface area contributed by atoms with E-state index in [1.807, 2.05) is 0 Å². The Kier molecular flexibility index (Phi) is 2.96. The van der Waals surface area contributed by atoms with Crippen LogP contribution in [0, 0.1) is 0 Å². The number of aromatic hydroxyl groups is 1. The van der Waals surface area contributed by atoms with Crippen molar-refractivity contribution in [3.05, 3.63) is 24.0 Å². The molecule has 2 rings (SSSR count). The Bertz CT molecular complexity index is 298. The molecule has 1 N–H and O–H groups in total. The lowest BCUT2D eigenvalue weighted by Gasteiger charge is -2.26. The summed E-state index contributed by atoms with van der Waals surface area (Å²) in [5.41, 5.74) is 0.745. The van der Waals surface area contributed by atoms with Crippen LogP contribution in [-0.4, -0.2) is 41.3 Å². The van der Waals surface area contributed by atoms with Crippen molar-refractivity contribution in [1.82, 2.24) is 9.88 Å². The number of ether oxygens (including phenoxy) is 1. The molecular formula is C10H14N2O2. The Labute approximate surface area is 83.1 Å². The van der Waals surface area contributed by atoms with Crippen molar-refractivity contribution in [1.29, 1.82) is 0 Å². The second-order valence-corrected chi connectivity index (χ2v) is 3.36. The molecule has 1 aliphatic rings. The number of nitrogens with zero attached hydrogens (tertiary/aromatic N) is 2. The van der Waals surface area contributed by atoms with Crippen LogP contribution in [0.2, 0.25) is 0 Å². The molecule has 4 nitrogen and oxygen atoms in total. The van der Waals surface area contributed by atoms with Gasteiger partial charge in [-0.3, -0.25) is 9.88 Å². The van der Waals surface area contributed by atoms with E-state index in [0.717, 1.165) is 32.0 Å². The lowest BCUT2D eigenvalue weighted by atomic mass is 10.3. The first-order chi connectivity index (χ1) is 6.86. The minimum Gasteiger partial charge on any atom is -0.506 e. The van der Waals surface area contributed by atoms with Crippen LogP contribution in [0.25, 0.3) is 0 Å². The molecule has 0 amide bonds. The van der Waals surface area contributed by atoms with Crippen molar-refractivity contribution in [2.24, 2.45) is 0 Å². The summed E-state index contributed by atoms with van der Waals surface area (Å²) < 4.78 is 5.24. The van der Waals surface area contributed by atoms with E-state index >= 15 is 0 Å². The maximum Gasteiger partial charge on any atom is 0.138 e. The molecular weight excluding hydrogens is 180 g/mol. The zero-order valence-electron chi connectivity index (χ0n) is 8.02. The molecule has 1 aromatic heterocycles. The number of morpholine rings is 1. The van der Waals surface area contributed by atoms with Crippen molar-refractivity contribution in [3.8, 4) is 5.75 Å². The topological polar surface area (TPSA) is 45.6 Å². The maximum atomic E-state index is 9.52.